The highest BCUT2D eigenvalue weighted by Crippen LogP contribution is 2.62. The number of nitrogens with zero attached hydrogens (tertiary/aromatic N) is 3. The molecule has 2 saturated heterocycles. The van der Waals surface area contributed by atoms with Gasteiger partial charge in [-0.05, 0) is 18.4 Å². The van der Waals surface area contributed by atoms with E-state index in [-0.39, 0.29) is 29.6 Å². The number of unbranched alkanes of at least 4 members (excludes halogenated alkanes) is 2. The average molecular weight is 538 g/mol. The van der Waals surface area contributed by atoms with E-state index in [0.717, 1.165) is 31.2 Å². The van der Waals surface area contributed by atoms with Crippen molar-refractivity contribution in [3.63, 3.8) is 0 Å². The summed E-state index contributed by atoms with van der Waals surface area (Å²) in [6.07, 6.45) is 12.0. The summed E-state index contributed by atoms with van der Waals surface area (Å²) in [4.78, 5) is 48.2. The molecule has 0 radical (unpaired) electrons. The number of carbonyl (C=O) groups excluding carboxylic acids is 3. The fraction of sp³-hybridized carbons (Fsp3) is 0.567. The van der Waals surface area contributed by atoms with E-state index in [1.54, 1.807) is 16.7 Å². The zero-order valence-electron chi connectivity index (χ0n) is 22.4. The number of fused-ring (bicyclic) bond motifs is 2. The van der Waals surface area contributed by atoms with Gasteiger partial charge in [0.2, 0.25) is 17.7 Å². The predicted octanol–water partition coefficient (Wildman–Crippen LogP) is 3.41. The quantitative estimate of drug-likeness (QED) is 0.386. The molecule has 1 aromatic rings. The second kappa shape index (κ2) is 11.3. The van der Waals surface area contributed by atoms with E-state index in [0.29, 0.717) is 26.2 Å². The molecule has 0 bridgehead atoms. The molecule has 1 N–H and O–H groups in total. The van der Waals surface area contributed by atoms with Crippen molar-refractivity contribution in [2.45, 2.75) is 61.6 Å². The third-order valence-electron chi connectivity index (χ3n) is 8.48. The Kier molecular flexibility index (Phi) is 8.00. The SMILES string of the molecule is CCCCCN1CC=C[C@]23S[C@@H]4C=CCN(CCC)C(=O)[C@@H]4[C@H]2C(=O)N([C@H](CO)c2ccccc2)C3C1=O. The second-order valence-corrected chi connectivity index (χ2v) is 12.3. The summed E-state index contributed by atoms with van der Waals surface area (Å²) in [5.74, 6) is -1.49. The summed E-state index contributed by atoms with van der Waals surface area (Å²) in [5.41, 5.74) is 0.790. The van der Waals surface area contributed by atoms with Crippen LogP contribution in [0.2, 0.25) is 0 Å². The van der Waals surface area contributed by atoms with Gasteiger partial charge in [0.25, 0.3) is 0 Å². The number of aliphatic hydroxyl groups excluding tert-OH is 1. The van der Waals surface area contributed by atoms with E-state index >= 15 is 0 Å². The van der Waals surface area contributed by atoms with Gasteiger partial charge in [-0.2, -0.15) is 0 Å². The highest BCUT2D eigenvalue weighted by molar-refractivity contribution is 8.02. The Morgan fingerprint density at radius 1 is 0.947 bits per heavy atom. The normalized spacial score (nSPS) is 31.2. The van der Waals surface area contributed by atoms with Crippen LogP contribution in [0.25, 0.3) is 0 Å². The van der Waals surface area contributed by atoms with Crippen LogP contribution in [0.3, 0.4) is 0 Å². The third kappa shape index (κ3) is 4.39. The molecule has 4 aliphatic heterocycles. The van der Waals surface area contributed by atoms with Gasteiger partial charge in [-0.15, -0.1) is 11.8 Å². The Balaban J connectivity index is 1.61. The van der Waals surface area contributed by atoms with Gasteiger partial charge in [0.15, 0.2) is 0 Å². The Bertz CT molecular complexity index is 1110. The van der Waals surface area contributed by atoms with E-state index in [1.807, 2.05) is 59.2 Å². The van der Waals surface area contributed by atoms with Gasteiger partial charge >= 0.3 is 0 Å². The molecule has 8 heteroatoms. The minimum Gasteiger partial charge on any atom is -0.394 e. The van der Waals surface area contributed by atoms with Crippen molar-refractivity contribution in [3.8, 4) is 0 Å². The first-order valence-corrected chi connectivity index (χ1v) is 14.9. The van der Waals surface area contributed by atoms with Gasteiger partial charge in [0.1, 0.15) is 6.04 Å². The van der Waals surface area contributed by atoms with E-state index in [2.05, 4.69) is 19.1 Å². The minimum atomic E-state index is -0.861. The third-order valence-corrected chi connectivity index (χ3v) is 10.2. The number of benzene rings is 1. The van der Waals surface area contributed by atoms with E-state index in [4.69, 9.17) is 0 Å². The molecule has 204 valence electrons. The van der Waals surface area contributed by atoms with Crippen molar-refractivity contribution in [3.05, 3.63) is 60.2 Å². The lowest BCUT2D eigenvalue weighted by atomic mass is 9.78. The summed E-state index contributed by atoms with van der Waals surface area (Å²) in [7, 11) is 0. The topological polar surface area (TPSA) is 81.2 Å². The predicted molar refractivity (Wildman–Crippen MR) is 149 cm³/mol. The number of carbonyl (C=O) groups is 3. The van der Waals surface area contributed by atoms with Crippen LogP contribution in [-0.2, 0) is 14.4 Å². The first-order chi connectivity index (χ1) is 18.5. The molecular weight excluding hydrogens is 498 g/mol. The molecule has 7 nitrogen and oxygen atoms in total. The molecule has 3 amide bonds. The molecule has 6 atom stereocenters. The largest absolute Gasteiger partial charge is 0.394 e. The van der Waals surface area contributed by atoms with Gasteiger partial charge in [0.05, 0.1) is 29.2 Å². The van der Waals surface area contributed by atoms with E-state index in [9.17, 15) is 19.5 Å². The van der Waals surface area contributed by atoms with Gasteiger partial charge in [-0.3, -0.25) is 14.4 Å². The lowest BCUT2D eigenvalue weighted by Crippen LogP contribution is -2.54. The second-order valence-electron chi connectivity index (χ2n) is 10.8. The minimum absolute atomic E-state index is 0.00432. The highest BCUT2D eigenvalue weighted by atomic mass is 32.2. The first-order valence-electron chi connectivity index (χ1n) is 14.1. The van der Waals surface area contributed by atoms with Crippen LogP contribution >= 0.6 is 11.8 Å². The molecule has 0 saturated carbocycles. The van der Waals surface area contributed by atoms with Gasteiger partial charge < -0.3 is 19.8 Å². The number of thioether (sulfide) groups is 1. The van der Waals surface area contributed by atoms with Crippen LogP contribution < -0.4 is 0 Å². The van der Waals surface area contributed by atoms with Crippen LogP contribution in [-0.4, -0.2) is 86.4 Å². The standard InChI is InChI=1S/C30H39N3O4S/c1-3-5-9-17-32-19-11-15-30-25(24-23(38-30)14-10-18-31(16-4-2)27(24)35)28(36)33(26(30)29(32)37)22(20-34)21-12-7-6-8-13-21/h6-8,10-15,22-26,34H,3-5,9,16-20H2,1-2H3/t22-,23-,24+,25+,26?,30+/m1/s1. The maximum absolute atomic E-state index is 14.5. The first kappa shape index (κ1) is 27.0. The van der Waals surface area contributed by atoms with Crippen molar-refractivity contribution in [1.82, 2.24) is 14.7 Å². The Morgan fingerprint density at radius 2 is 1.68 bits per heavy atom. The van der Waals surface area contributed by atoms with Gasteiger partial charge in [-0.1, -0.05) is 81.3 Å². The Hall–Kier alpha value is -2.58. The van der Waals surface area contributed by atoms with Crippen LogP contribution in [0.1, 0.15) is 51.1 Å². The van der Waals surface area contributed by atoms with Gasteiger partial charge in [0, 0.05) is 31.4 Å². The summed E-state index contributed by atoms with van der Waals surface area (Å²) in [6.45, 7) is 6.20. The van der Waals surface area contributed by atoms with E-state index < -0.39 is 28.7 Å². The highest BCUT2D eigenvalue weighted by Gasteiger charge is 2.71. The molecule has 2 fully saturated rings. The molecule has 1 unspecified atom stereocenters. The maximum atomic E-state index is 14.5. The number of hydrogen-bond donors (Lipinski definition) is 1. The van der Waals surface area contributed by atoms with Gasteiger partial charge in [-0.25, -0.2) is 0 Å². The zero-order chi connectivity index (χ0) is 26.9. The summed E-state index contributed by atoms with van der Waals surface area (Å²) in [5, 5.41) is 10.4. The molecular formula is C30H39N3O4S. The fourth-order valence-corrected chi connectivity index (χ4v) is 8.76. The molecule has 4 heterocycles. The van der Waals surface area contributed by atoms with Crippen LogP contribution in [0.15, 0.2) is 54.6 Å². The van der Waals surface area contributed by atoms with Crippen molar-refractivity contribution in [1.29, 1.82) is 0 Å². The number of rotatable bonds is 9. The van der Waals surface area contributed by atoms with E-state index in [1.165, 1.54) is 0 Å². The fourth-order valence-electron chi connectivity index (χ4n) is 6.77. The van der Waals surface area contributed by atoms with Crippen LogP contribution in [0.5, 0.6) is 0 Å². The molecule has 38 heavy (non-hydrogen) atoms. The molecule has 0 aliphatic carbocycles. The van der Waals surface area contributed by atoms with Crippen molar-refractivity contribution in [2.75, 3.05) is 32.8 Å². The summed E-state index contributed by atoms with van der Waals surface area (Å²) >= 11 is 1.60. The molecule has 5 rings (SSSR count). The lowest BCUT2D eigenvalue weighted by Gasteiger charge is -2.38. The maximum Gasteiger partial charge on any atom is 0.247 e. The van der Waals surface area contributed by atoms with Crippen LogP contribution in [0, 0.1) is 11.8 Å². The lowest BCUT2D eigenvalue weighted by molar-refractivity contribution is -0.147. The summed E-state index contributed by atoms with van der Waals surface area (Å²) in [6, 6.07) is 8.00. The smallest absolute Gasteiger partial charge is 0.247 e. The number of hydrogen-bond acceptors (Lipinski definition) is 5. The molecule has 0 aromatic heterocycles. The van der Waals surface area contributed by atoms with Crippen LogP contribution in [0.4, 0.5) is 0 Å². The number of aliphatic hydroxyl groups is 1. The van der Waals surface area contributed by atoms with Crippen molar-refractivity contribution >= 4 is 29.5 Å². The monoisotopic (exact) mass is 537 g/mol. The zero-order valence-corrected chi connectivity index (χ0v) is 23.2. The number of amides is 3. The molecule has 4 aliphatic rings. The van der Waals surface area contributed by atoms with Crippen molar-refractivity contribution in [2.24, 2.45) is 11.8 Å². The molecule has 1 spiro atoms. The molecule has 1 aromatic carbocycles. The average Bonchev–Trinajstić information content (AvgIpc) is 3.25. The number of likely N-dealkylation sites (tertiary alicyclic amines) is 1. The summed E-state index contributed by atoms with van der Waals surface area (Å²) < 4.78 is -0.861. The Labute approximate surface area is 229 Å². The Morgan fingerprint density at radius 3 is 2.39 bits per heavy atom. The van der Waals surface area contributed by atoms with Crippen molar-refractivity contribution < 1.29 is 19.5 Å².